The van der Waals surface area contributed by atoms with Crippen molar-refractivity contribution < 1.29 is 4.79 Å². The van der Waals surface area contributed by atoms with Gasteiger partial charge in [0.1, 0.15) is 4.70 Å². The average molecular weight is 510 g/mol. The summed E-state index contributed by atoms with van der Waals surface area (Å²) in [5.74, 6) is 0.00747. The van der Waals surface area contributed by atoms with Crippen LogP contribution in [0.3, 0.4) is 0 Å². The van der Waals surface area contributed by atoms with Crippen LogP contribution in [-0.2, 0) is 24.4 Å². The molecule has 35 heavy (non-hydrogen) atoms. The van der Waals surface area contributed by atoms with Crippen LogP contribution >= 0.6 is 22.9 Å². The minimum atomic E-state index is -0.313. The molecule has 1 N–H and O–H groups in total. The van der Waals surface area contributed by atoms with Crippen LogP contribution in [0.25, 0.3) is 10.2 Å². The number of nitrogens with zero attached hydrogens (tertiary/aromatic N) is 2. The van der Waals surface area contributed by atoms with E-state index in [-0.39, 0.29) is 17.2 Å². The highest BCUT2D eigenvalue weighted by Gasteiger charge is 2.14. The molecule has 0 fully saturated rings. The number of rotatable bonds is 10. The van der Waals surface area contributed by atoms with E-state index in [1.807, 2.05) is 54.8 Å². The van der Waals surface area contributed by atoms with Crippen molar-refractivity contribution in [2.24, 2.45) is 0 Å². The zero-order chi connectivity index (χ0) is 24.8. The van der Waals surface area contributed by atoms with Crippen LogP contribution in [0.2, 0.25) is 5.02 Å². The Morgan fingerprint density at radius 3 is 2.37 bits per heavy atom. The summed E-state index contributed by atoms with van der Waals surface area (Å²) in [5, 5.41) is 5.41. The van der Waals surface area contributed by atoms with Crippen molar-refractivity contribution in [1.29, 1.82) is 0 Å². The third-order valence-corrected chi connectivity index (χ3v) is 7.13. The molecule has 0 spiro atoms. The van der Waals surface area contributed by atoms with Gasteiger partial charge in [0, 0.05) is 24.5 Å². The number of carbonyl (C=O) groups excluding carboxylic acids is 1. The van der Waals surface area contributed by atoms with E-state index < -0.39 is 0 Å². The molecule has 0 bridgehead atoms. The van der Waals surface area contributed by atoms with Crippen LogP contribution in [0.4, 0.5) is 0 Å². The van der Waals surface area contributed by atoms with E-state index in [0.717, 1.165) is 17.5 Å². The fourth-order valence-corrected chi connectivity index (χ4v) is 4.95. The molecule has 182 valence electrons. The number of hydrogen-bond acceptors (Lipinski definition) is 4. The molecule has 0 aliphatic heterocycles. The Labute approximate surface area is 212 Å². The van der Waals surface area contributed by atoms with Gasteiger partial charge in [0.2, 0.25) is 5.91 Å². The predicted octanol–water partition coefficient (Wildman–Crippen LogP) is 5.11. The third kappa shape index (κ3) is 6.29. The van der Waals surface area contributed by atoms with Crippen molar-refractivity contribution in [3.63, 3.8) is 0 Å². The molecule has 0 unspecified atom stereocenters. The monoisotopic (exact) mass is 509 g/mol. The highest BCUT2D eigenvalue weighted by atomic mass is 35.5. The van der Waals surface area contributed by atoms with Gasteiger partial charge in [0.15, 0.2) is 0 Å². The minimum absolute atomic E-state index is 0.00747. The summed E-state index contributed by atoms with van der Waals surface area (Å²) in [5.41, 5.74) is 3.29. The van der Waals surface area contributed by atoms with Crippen LogP contribution in [0.1, 0.15) is 42.4 Å². The Bertz CT molecular complexity index is 1420. The van der Waals surface area contributed by atoms with E-state index in [2.05, 4.69) is 5.32 Å². The molecule has 0 aliphatic rings. The molecule has 4 aromatic rings. The fraction of sp³-hybridized carbons (Fsp3) is 0.296. The molecule has 8 heteroatoms. The second-order valence-electron chi connectivity index (χ2n) is 8.66. The smallest absolute Gasteiger partial charge is 0.331 e. The maximum Gasteiger partial charge on any atom is 0.331 e. The molecule has 2 heterocycles. The van der Waals surface area contributed by atoms with E-state index >= 15 is 0 Å². The molecule has 1 amide bonds. The van der Waals surface area contributed by atoms with Gasteiger partial charge in [-0.15, -0.1) is 11.3 Å². The van der Waals surface area contributed by atoms with Crippen LogP contribution < -0.4 is 16.6 Å². The maximum absolute atomic E-state index is 13.2. The zero-order valence-electron chi connectivity index (χ0n) is 19.6. The van der Waals surface area contributed by atoms with Gasteiger partial charge in [0.25, 0.3) is 5.56 Å². The van der Waals surface area contributed by atoms with Crippen LogP contribution in [-0.4, -0.2) is 15.0 Å². The van der Waals surface area contributed by atoms with Gasteiger partial charge in [-0.3, -0.25) is 18.7 Å². The van der Waals surface area contributed by atoms with Crippen molar-refractivity contribution in [3.8, 4) is 0 Å². The van der Waals surface area contributed by atoms with E-state index in [9.17, 15) is 14.4 Å². The topological polar surface area (TPSA) is 73.1 Å². The number of halogens is 1. The Hall–Kier alpha value is -3.16. The quantitative estimate of drug-likeness (QED) is 0.302. The van der Waals surface area contributed by atoms with E-state index in [0.29, 0.717) is 54.1 Å². The first-order valence-corrected chi connectivity index (χ1v) is 13.0. The summed E-state index contributed by atoms with van der Waals surface area (Å²) in [6, 6.07) is 17.2. The first kappa shape index (κ1) is 24.9. The number of aromatic nitrogens is 2. The second kappa shape index (κ2) is 11.5. The average Bonchev–Trinajstić information content (AvgIpc) is 3.34. The Balaban J connectivity index is 1.34. The number of nitrogens with one attached hydrogen (secondary N) is 1. The molecular formula is C27H28ClN3O3S. The number of benzene rings is 2. The normalized spacial score (nSPS) is 11.1. The van der Waals surface area contributed by atoms with Crippen LogP contribution in [0.5, 0.6) is 0 Å². The lowest BCUT2D eigenvalue weighted by atomic mass is 10.1. The third-order valence-electron chi connectivity index (χ3n) is 5.99. The molecule has 6 nitrogen and oxygen atoms in total. The standard InChI is InChI=1S/C27H28ClN3O3S/c1-19-6-8-20(9-7-19)17-29-24(32)5-3-2-4-15-30-26(33)25-23(14-16-35-25)31(27(30)34)18-21-10-12-22(28)13-11-21/h6-14,16H,2-5,15,17-18H2,1H3,(H,29,32). The zero-order valence-corrected chi connectivity index (χ0v) is 21.2. The molecule has 4 rings (SSSR count). The highest BCUT2D eigenvalue weighted by molar-refractivity contribution is 7.17. The van der Waals surface area contributed by atoms with Crippen molar-refractivity contribution in [1.82, 2.24) is 14.5 Å². The lowest BCUT2D eigenvalue weighted by Gasteiger charge is -2.12. The summed E-state index contributed by atoms with van der Waals surface area (Å²) in [6.07, 6.45) is 2.53. The van der Waals surface area contributed by atoms with Gasteiger partial charge in [-0.2, -0.15) is 0 Å². The molecule has 0 radical (unpaired) electrons. The number of carbonyl (C=O) groups is 1. The van der Waals surface area contributed by atoms with Gasteiger partial charge in [-0.1, -0.05) is 60.0 Å². The van der Waals surface area contributed by atoms with Gasteiger partial charge in [-0.25, -0.2) is 4.79 Å². The molecule has 0 aliphatic carbocycles. The van der Waals surface area contributed by atoms with Crippen molar-refractivity contribution in [2.75, 3.05) is 0 Å². The largest absolute Gasteiger partial charge is 0.352 e. The predicted molar refractivity (Wildman–Crippen MR) is 142 cm³/mol. The number of thiophene rings is 1. The maximum atomic E-state index is 13.2. The lowest BCUT2D eigenvalue weighted by Crippen LogP contribution is -2.39. The highest BCUT2D eigenvalue weighted by Crippen LogP contribution is 2.17. The van der Waals surface area contributed by atoms with E-state index in [1.54, 1.807) is 16.7 Å². The molecule has 0 saturated carbocycles. The molecule has 0 atom stereocenters. The molecular weight excluding hydrogens is 482 g/mol. The Morgan fingerprint density at radius 2 is 1.63 bits per heavy atom. The molecule has 2 aromatic carbocycles. The minimum Gasteiger partial charge on any atom is -0.352 e. The van der Waals surface area contributed by atoms with Crippen LogP contribution in [0, 0.1) is 6.92 Å². The molecule has 0 saturated heterocycles. The number of hydrogen-bond donors (Lipinski definition) is 1. The number of unbranched alkanes of at least 4 members (excludes halogenated alkanes) is 2. The van der Waals surface area contributed by atoms with Gasteiger partial charge < -0.3 is 5.32 Å². The summed E-state index contributed by atoms with van der Waals surface area (Å²) in [7, 11) is 0. The van der Waals surface area contributed by atoms with Crippen LogP contribution in [0.15, 0.2) is 69.6 Å². The van der Waals surface area contributed by atoms with E-state index in [1.165, 1.54) is 21.5 Å². The SMILES string of the molecule is Cc1ccc(CNC(=O)CCCCCn2c(=O)c3sccc3n(Cc3ccc(Cl)cc3)c2=O)cc1. The fourth-order valence-electron chi connectivity index (χ4n) is 3.98. The van der Waals surface area contributed by atoms with Gasteiger partial charge in [-0.05, 0) is 54.5 Å². The number of fused-ring (bicyclic) bond motifs is 1. The first-order valence-electron chi connectivity index (χ1n) is 11.7. The number of aryl methyl sites for hydroxylation is 1. The Morgan fingerprint density at radius 1 is 0.914 bits per heavy atom. The lowest BCUT2D eigenvalue weighted by molar-refractivity contribution is -0.121. The summed E-state index contributed by atoms with van der Waals surface area (Å²) >= 11 is 7.33. The first-order chi connectivity index (χ1) is 16.9. The van der Waals surface area contributed by atoms with Crippen molar-refractivity contribution in [2.45, 2.75) is 52.2 Å². The summed E-state index contributed by atoms with van der Waals surface area (Å²) < 4.78 is 3.55. The molecule has 2 aromatic heterocycles. The summed E-state index contributed by atoms with van der Waals surface area (Å²) in [4.78, 5) is 38.3. The summed E-state index contributed by atoms with van der Waals surface area (Å²) in [6.45, 7) is 3.24. The Kier molecular flexibility index (Phi) is 8.21. The van der Waals surface area contributed by atoms with E-state index in [4.69, 9.17) is 11.6 Å². The van der Waals surface area contributed by atoms with Gasteiger partial charge >= 0.3 is 5.69 Å². The second-order valence-corrected chi connectivity index (χ2v) is 10.0. The van der Waals surface area contributed by atoms with Gasteiger partial charge in [0.05, 0.1) is 12.1 Å². The van der Waals surface area contributed by atoms with Crippen molar-refractivity contribution >= 4 is 39.1 Å². The number of amides is 1. The van der Waals surface area contributed by atoms with Crippen molar-refractivity contribution in [3.05, 3.63) is 103 Å².